The smallest absolute Gasteiger partial charge is 0.250 e. The molecule has 1 fully saturated rings. The number of carbonyl (C=O) groups is 1. The third kappa shape index (κ3) is 3.37. The lowest BCUT2D eigenvalue weighted by atomic mass is 10.2. The number of likely N-dealkylation sites (tertiary alicyclic amines) is 1. The summed E-state index contributed by atoms with van der Waals surface area (Å²) >= 11 is 1.17. The van der Waals surface area contributed by atoms with E-state index in [2.05, 4.69) is 4.72 Å². The highest BCUT2D eigenvalue weighted by molar-refractivity contribution is 7.91. The van der Waals surface area contributed by atoms with E-state index in [1.54, 1.807) is 22.4 Å². The fourth-order valence-corrected chi connectivity index (χ4v) is 4.74. The van der Waals surface area contributed by atoms with Crippen LogP contribution in [0.1, 0.15) is 12.0 Å². The molecule has 1 aromatic heterocycles. The van der Waals surface area contributed by atoms with Gasteiger partial charge in [0.05, 0.1) is 0 Å². The Morgan fingerprint density at radius 1 is 1.18 bits per heavy atom. The Bertz CT molecular complexity index is 742. The number of carbonyl (C=O) groups excluding carboxylic acids is 1. The lowest BCUT2D eigenvalue weighted by Gasteiger charge is -2.17. The van der Waals surface area contributed by atoms with Crippen molar-refractivity contribution >= 4 is 27.3 Å². The lowest BCUT2D eigenvalue weighted by molar-refractivity contribution is -0.128. The summed E-state index contributed by atoms with van der Waals surface area (Å²) in [7, 11) is -3.53. The summed E-state index contributed by atoms with van der Waals surface area (Å²) in [6, 6.07) is 12.6. The third-order valence-corrected chi connectivity index (χ3v) is 6.43. The van der Waals surface area contributed by atoms with Crippen LogP contribution >= 0.6 is 11.3 Å². The van der Waals surface area contributed by atoms with Gasteiger partial charge in [-0.15, -0.1) is 11.3 Å². The first-order chi connectivity index (χ1) is 10.5. The first-order valence-electron chi connectivity index (χ1n) is 6.92. The van der Waals surface area contributed by atoms with E-state index in [0.29, 0.717) is 13.1 Å². The maximum absolute atomic E-state index is 12.2. The third-order valence-electron chi connectivity index (χ3n) is 3.51. The number of amides is 1. The Hall–Kier alpha value is -1.70. The van der Waals surface area contributed by atoms with E-state index in [0.717, 1.165) is 5.56 Å². The van der Waals surface area contributed by atoms with Gasteiger partial charge >= 0.3 is 0 Å². The molecule has 0 aliphatic carbocycles. The first-order valence-corrected chi connectivity index (χ1v) is 9.28. The molecule has 0 unspecified atom stereocenters. The van der Waals surface area contributed by atoms with Gasteiger partial charge in [-0.2, -0.15) is 0 Å². The molecule has 2 heterocycles. The van der Waals surface area contributed by atoms with Crippen LogP contribution in [0.2, 0.25) is 0 Å². The van der Waals surface area contributed by atoms with Gasteiger partial charge in [0.2, 0.25) is 15.9 Å². The van der Waals surface area contributed by atoms with Gasteiger partial charge in [-0.25, -0.2) is 13.1 Å². The van der Waals surface area contributed by atoms with Crippen molar-refractivity contribution in [3.63, 3.8) is 0 Å². The van der Waals surface area contributed by atoms with Gasteiger partial charge in [-0.1, -0.05) is 36.4 Å². The number of hydrogen-bond acceptors (Lipinski definition) is 4. The first kappa shape index (κ1) is 15.2. The van der Waals surface area contributed by atoms with Crippen molar-refractivity contribution in [3.05, 3.63) is 53.4 Å². The molecule has 5 nitrogen and oxygen atoms in total. The van der Waals surface area contributed by atoms with Crippen molar-refractivity contribution in [3.8, 4) is 0 Å². The molecule has 0 radical (unpaired) electrons. The molecule has 1 aliphatic rings. The van der Waals surface area contributed by atoms with E-state index in [1.165, 1.54) is 11.3 Å². The van der Waals surface area contributed by atoms with Crippen LogP contribution in [0.15, 0.2) is 52.1 Å². The second-order valence-electron chi connectivity index (χ2n) is 5.21. The van der Waals surface area contributed by atoms with Gasteiger partial charge < -0.3 is 4.90 Å². The summed E-state index contributed by atoms with van der Waals surface area (Å²) < 4.78 is 27.3. The monoisotopic (exact) mass is 336 g/mol. The molecule has 7 heteroatoms. The van der Waals surface area contributed by atoms with Crippen molar-refractivity contribution in [2.24, 2.45) is 0 Å². The van der Waals surface area contributed by atoms with Crippen molar-refractivity contribution in [2.45, 2.75) is 23.2 Å². The number of benzene rings is 1. The number of hydrogen-bond donors (Lipinski definition) is 1. The average Bonchev–Trinajstić information content (AvgIpc) is 3.11. The maximum atomic E-state index is 12.2. The van der Waals surface area contributed by atoms with Gasteiger partial charge in [0, 0.05) is 25.6 Å². The second kappa shape index (κ2) is 6.20. The predicted octanol–water partition coefficient (Wildman–Crippen LogP) is 1.83. The highest BCUT2D eigenvalue weighted by atomic mass is 32.2. The van der Waals surface area contributed by atoms with E-state index >= 15 is 0 Å². The minimum atomic E-state index is -3.53. The summed E-state index contributed by atoms with van der Waals surface area (Å²) in [5.41, 5.74) is 1.04. The lowest BCUT2D eigenvalue weighted by Crippen LogP contribution is -2.36. The average molecular weight is 336 g/mol. The van der Waals surface area contributed by atoms with Crippen molar-refractivity contribution in [2.75, 3.05) is 6.54 Å². The molecule has 1 saturated heterocycles. The topological polar surface area (TPSA) is 66.5 Å². The minimum Gasteiger partial charge on any atom is -0.337 e. The zero-order valence-corrected chi connectivity index (χ0v) is 13.4. The Labute approximate surface area is 133 Å². The summed E-state index contributed by atoms with van der Waals surface area (Å²) in [6.07, 6.45) is 0.206. The standard InChI is InChI=1S/C15H16N2O3S2/c18-14-9-13(16-22(19,20)15-7-4-8-21-15)11-17(14)10-12-5-2-1-3-6-12/h1-8,13,16H,9-11H2/t13-/m0/s1. The van der Waals surface area contributed by atoms with Gasteiger partial charge in [-0.05, 0) is 17.0 Å². The fraction of sp³-hybridized carbons (Fsp3) is 0.267. The van der Waals surface area contributed by atoms with Crippen molar-refractivity contribution in [1.29, 1.82) is 0 Å². The number of nitrogens with zero attached hydrogens (tertiary/aromatic N) is 1. The number of nitrogens with one attached hydrogen (secondary N) is 1. The largest absolute Gasteiger partial charge is 0.337 e. The quantitative estimate of drug-likeness (QED) is 0.906. The van der Waals surface area contributed by atoms with Crippen LogP contribution in [-0.4, -0.2) is 31.8 Å². The van der Waals surface area contributed by atoms with E-state index in [1.807, 2.05) is 30.3 Å². The van der Waals surface area contributed by atoms with Gasteiger partial charge in [-0.3, -0.25) is 4.79 Å². The van der Waals surface area contributed by atoms with Crippen LogP contribution in [0.5, 0.6) is 0 Å². The molecule has 0 spiro atoms. The summed E-state index contributed by atoms with van der Waals surface area (Å²) in [5.74, 6) is -0.0252. The second-order valence-corrected chi connectivity index (χ2v) is 8.10. The number of sulfonamides is 1. The molecule has 0 saturated carbocycles. The molecule has 1 N–H and O–H groups in total. The molecule has 1 aliphatic heterocycles. The molecule has 3 rings (SSSR count). The van der Waals surface area contributed by atoms with Gasteiger partial charge in [0.15, 0.2) is 0 Å². The van der Waals surface area contributed by atoms with Crippen molar-refractivity contribution in [1.82, 2.24) is 9.62 Å². The zero-order chi connectivity index (χ0) is 15.6. The van der Waals surface area contributed by atoms with E-state index in [4.69, 9.17) is 0 Å². The zero-order valence-electron chi connectivity index (χ0n) is 11.8. The Morgan fingerprint density at radius 2 is 1.95 bits per heavy atom. The molecule has 1 atom stereocenters. The molecule has 1 amide bonds. The van der Waals surface area contributed by atoms with Crippen LogP contribution in [0.4, 0.5) is 0 Å². The normalized spacial score (nSPS) is 18.8. The molecule has 1 aromatic carbocycles. The highest BCUT2D eigenvalue weighted by Gasteiger charge is 2.32. The van der Waals surface area contributed by atoms with E-state index < -0.39 is 10.0 Å². The molecule has 22 heavy (non-hydrogen) atoms. The summed E-state index contributed by atoms with van der Waals surface area (Å²) in [6.45, 7) is 0.912. The van der Waals surface area contributed by atoms with E-state index in [-0.39, 0.29) is 22.6 Å². The summed E-state index contributed by atoms with van der Waals surface area (Å²) in [4.78, 5) is 13.7. The van der Waals surface area contributed by atoms with E-state index in [9.17, 15) is 13.2 Å². The molecule has 0 bridgehead atoms. The van der Waals surface area contributed by atoms with Crippen LogP contribution in [0.25, 0.3) is 0 Å². The SMILES string of the molecule is O=C1C[C@H](NS(=O)(=O)c2cccs2)CN1Cc1ccccc1. The molecular weight excluding hydrogens is 320 g/mol. The Morgan fingerprint density at radius 3 is 2.64 bits per heavy atom. The molecule has 2 aromatic rings. The van der Waals surface area contributed by atoms with Crippen LogP contribution in [-0.2, 0) is 21.4 Å². The number of rotatable bonds is 5. The molecule has 116 valence electrons. The number of thiophene rings is 1. The summed E-state index contributed by atoms with van der Waals surface area (Å²) in [5, 5.41) is 1.72. The van der Waals surface area contributed by atoms with Gasteiger partial charge in [0.25, 0.3) is 0 Å². The fourth-order valence-electron chi connectivity index (χ4n) is 2.50. The van der Waals surface area contributed by atoms with Crippen LogP contribution in [0, 0.1) is 0 Å². The van der Waals surface area contributed by atoms with Crippen molar-refractivity contribution < 1.29 is 13.2 Å². The highest BCUT2D eigenvalue weighted by Crippen LogP contribution is 2.20. The van der Waals surface area contributed by atoms with Gasteiger partial charge in [0.1, 0.15) is 4.21 Å². The van der Waals surface area contributed by atoms with Crippen LogP contribution in [0.3, 0.4) is 0 Å². The Kier molecular flexibility index (Phi) is 4.28. The predicted molar refractivity (Wildman–Crippen MR) is 84.9 cm³/mol. The maximum Gasteiger partial charge on any atom is 0.250 e. The minimum absolute atomic E-state index is 0.0252. The Balaban J connectivity index is 1.65. The molecular formula is C15H16N2O3S2. The van der Waals surface area contributed by atoms with Crippen LogP contribution < -0.4 is 4.72 Å².